The second-order valence-electron chi connectivity index (χ2n) is 5.60. The molecular weight excluding hydrogens is 270 g/mol. The molecule has 1 saturated heterocycles. The Balaban J connectivity index is 2.32. The molecule has 2 rings (SSSR count). The summed E-state index contributed by atoms with van der Waals surface area (Å²) >= 11 is 0. The molecule has 1 unspecified atom stereocenters. The molecule has 1 aromatic carbocycles. The van der Waals surface area contributed by atoms with Gasteiger partial charge in [-0.2, -0.15) is 0 Å². The van der Waals surface area contributed by atoms with Crippen LogP contribution in [0.15, 0.2) is 18.2 Å². The lowest BCUT2D eigenvalue weighted by atomic mass is 10.1. The lowest BCUT2D eigenvalue weighted by Gasteiger charge is -2.32. The number of likely N-dealkylation sites (N-methyl/N-ethyl adjacent to an activating group) is 1. The fourth-order valence-electron chi connectivity index (χ4n) is 2.99. The molecule has 1 fully saturated rings. The number of nitro benzene ring substituents is 1. The Kier molecular flexibility index (Phi) is 5.14. The summed E-state index contributed by atoms with van der Waals surface area (Å²) in [6, 6.07) is 5.45. The lowest BCUT2D eigenvalue weighted by molar-refractivity contribution is -0.385. The molecule has 1 heterocycles. The van der Waals surface area contributed by atoms with Gasteiger partial charge in [0.25, 0.3) is 5.69 Å². The van der Waals surface area contributed by atoms with Crippen LogP contribution in [0.25, 0.3) is 0 Å². The van der Waals surface area contributed by atoms with Gasteiger partial charge in [0.05, 0.1) is 17.1 Å². The highest BCUT2D eigenvalue weighted by atomic mass is 16.6. The van der Waals surface area contributed by atoms with E-state index < -0.39 is 4.92 Å². The van der Waals surface area contributed by atoms with Gasteiger partial charge >= 0.3 is 0 Å². The highest BCUT2D eigenvalue weighted by Gasteiger charge is 2.24. The SMILES string of the molecule is CCC1CN(C)CCCN1c1ccc([N+](=O)[O-])c(CO)c1. The standard InChI is InChI=1S/C15H23N3O3/c1-3-13-10-16(2)7-4-8-17(13)14-5-6-15(18(20)21)12(9-14)11-19/h5-6,9,13,19H,3-4,7-8,10-11H2,1-2H3. The molecule has 0 aliphatic carbocycles. The Hall–Kier alpha value is -1.66. The van der Waals surface area contributed by atoms with Gasteiger partial charge in [-0.05, 0) is 38.6 Å². The maximum absolute atomic E-state index is 11.0. The van der Waals surface area contributed by atoms with Gasteiger partial charge in [0.15, 0.2) is 0 Å². The van der Waals surface area contributed by atoms with Crippen molar-refractivity contribution in [2.75, 3.05) is 31.6 Å². The molecular formula is C15H23N3O3. The predicted molar refractivity (Wildman–Crippen MR) is 82.6 cm³/mol. The Morgan fingerprint density at radius 3 is 2.81 bits per heavy atom. The fourth-order valence-corrected chi connectivity index (χ4v) is 2.99. The molecule has 0 radical (unpaired) electrons. The number of nitrogens with zero attached hydrogens (tertiary/aromatic N) is 3. The van der Waals surface area contributed by atoms with Crippen molar-refractivity contribution in [2.45, 2.75) is 32.4 Å². The van der Waals surface area contributed by atoms with E-state index in [4.69, 9.17) is 0 Å². The zero-order chi connectivity index (χ0) is 15.4. The molecule has 21 heavy (non-hydrogen) atoms. The zero-order valence-corrected chi connectivity index (χ0v) is 12.7. The van der Waals surface area contributed by atoms with Crippen molar-refractivity contribution in [3.63, 3.8) is 0 Å². The summed E-state index contributed by atoms with van der Waals surface area (Å²) in [5, 5.41) is 20.3. The molecule has 6 heteroatoms. The van der Waals surface area contributed by atoms with E-state index in [2.05, 4.69) is 23.8 Å². The summed E-state index contributed by atoms with van der Waals surface area (Å²) in [6.07, 6.45) is 2.09. The smallest absolute Gasteiger partial charge is 0.275 e. The van der Waals surface area contributed by atoms with E-state index in [1.165, 1.54) is 6.07 Å². The average Bonchev–Trinajstić information content (AvgIpc) is 2.67. The van der Waals surface area contributed by atoms with E-state index in [0.717, 1.165) is 38.2 Å². The van der Waals surface area contributed by atoms with Gasteiger partial charge in [0.2, 0.25) is 0 Å². The maximum Gasteiger partial charge on any atom is 0.275 e. The number of aliphatic hydroxyl groups is 1. The summed E-state index contributed by atoms with van der Waals surface area (Å²) in [7, 11) is 2.13. The minimum absolute atomic E-state index is 0.0127. The molecule has 1 aliphatic rings. The van der Waals surface area contributed by atoms with Crippen LogP contribution in [0, 0.1) is 10.1 Å². The first-order chi connectivity index (χ1) is 10.1. The number of hydrogen-bond donors (Lipinski definition) is 1. The summed E-state index contributed by atoms with van der Waals surface area (Å²) in [5.74, 6) is 0. The van der Waals surface area contributed by atoms with E-state index in [9.17, 15) is 15.2 Å². The third kappa shape index (κ3) is 3.51. The Bertz CT molecular complexity index is 507. The molecule has 1 atom stereocenters. The minimum Gasteiger partial charge on any atom is -0.391 e. The van der Waals surface area contributed by atoms with Gasteiger partial charge in [-0.15, -0.1) is 0 Å². The number of anilines is 1. The van der Waals surface area contributed by atoms with Gasteiger partial charge in [-0.1, -0.05) is 6.92 Å². The van der Waals surface area contributed by atoms with E-state index in [-0.39, 0.29) is 12.3 Å². The second kappa shape index (κ2) is 6.87. The van der Waals surface area contributed by atoms with Crippen LogP contribution in [0.4, 0.5) is 11.4 Å². The van der Waals surface area contributed by atoms with Crippen molar-refractivity contribution in [1.29, 1.82) is 0 Å². The maximum atomic E-state index is 11.0. The van der Waals surface area contributed by atoms with Gasteiger partial charge in [0, 0.05) is 30.9 Å². The minimum atomic E-state index is -0.442. The molecule has 0 spiro atoms. The molecule has 116 valence electrons. The van der Waals surface area contributed by atoms with Crippen LogP contribution >= 0.6 is 0 Å². The molecule has 0 amide bonds. The van der Waals surface area contributed by atoms with Crippen LogP contribution in [0.2, 0.25) is 0 Å². The number of rotatable bonds is 4. The van der Waals surface area contributed by atoms with Crippen LogP contribution in [0.3, 0.4) is 0 Å². The average molecular weight is 293 g/mol. The second-order valence-corrected chi connectivity index (χ2v) is 5.60. The topological polar surface area (TPSA) is 69.9 Å². The molecule has 0 bridgehead atoms. The lowest BCUT2D eigenvalue weighted by Crippen LogP contribution is -2.39. The number of aliphatic hydroxyl groups excluding tert-OH is 1. The highest BCUT2D eigenvalue weighted by Crippen LogP contribution is 2.28. The van der Waals surface area contributed by atoms with Crippen LogP contribution in [-0.4, -0.2) is 47.7 Å². The Morgan fingerprint density at radius 1 is 1.43 bits per heavy atom. The summed E-state index contributed by atoms with van der Waals surface area (Å²) in [6.45, 7) is 4.84. The largest absolute Gasteiger partial charge is 0.391 e. The monoisotopic (exact) mass is 293 g/mol. The van der Waals surface area contributed by atoms with E-state index in [1.54, 1.807) is 12.1 Å². The van der Waals surface area contributed by atoms with Gasteiger partial charge in [-0.25, -0.2) is 0 Å². The zero-order valence-electron chi connectivity index (χ0n) is 12.7. The van der Waals surface area contributed by atoms with E-state index in [1.807, 2.05) is 0 Å². The number of hydrogen-bond acceptors (Lipinski definition) is 5. The van der Waals surface area contributed by atoms with Crippen LogP contribution in [0.5, 0.6) is 0 Å². The Morgan fingerprint density at radius 2 is 2.19 bits per heavy atom. The first-order valence-electron chi connectivity index (χ1n) is 7.40. The summed E-state index contributed by atoms with van der Waals surface area (Å²) < 4.78 is 0. The van der Waals surface area contributed by atoms with Crippen molar-refractivity contribution < 1.29 is 10.0 Å². The Labute approximate surface area is 125 Å². The van der Waals surface area contributed by atoms with Crippen molar-refractivity contribution in [2.24, 2.45) is 0 Å². The van der Waals surface area contributed by atoms with Gasteiger partial charge < -0.3 is 14.9 Å². The number of benzene rings is 1. The normalized spacial score (nSPS) is 20.3. The molecule has 1 N–H and O–H groups in total. The third-order valence-electron chi connectivity index (χ3n) is 4.14. The summed E-state index contributed by atoms with van der Waals surface area (Å²) in [4.78, 5) is 15.2. The summed E-state index contributed by atoms with van der Waals surface area (Å²) in [5.41, 5.74) is 1.33. The van der Waals surface area contributed by atoms with Crippen molar-refractivity contribution in [1.82, 2.24) is 4.90 Å². The van der Waals surface area contributed by atoms with Gasteiger partial charge in [0.1, 0.15) is 0 Å². The first-order valence-corrected chi connectivity index (χ1v) is 7.40. The van der Waals surface area contributed by atoms with Crippen molar-refractivity contribution in [3.05, 3.63) is 33.9 Å². The fraction of sp³-hybridized carbons (Fsp3) is 0.600. The van der Waals surface area contributed by atoms with E-state index in [0.29, 0.717) is 11.6 Å². The third-order valence-corrected chi connectivity index (χ3v) is 4.14. The van der Waals surface area contributed by atoms with Crippen LogP contribution in [-0.2, 0) is 6.61 Å². The predicted octanol–water partition coefficient (Wildman–Crippen LogP) is 2.01. The molecule has 6 nitrogen and oxygen atoms in total. The van der Waals surface area contributed by atoms with Crippen molar-refractivity contribution in [3.8, 4) is 0 Å². The molecule has 1 aromatic rings. The first kappa shape index (κ1) is 15.7. The molecule has 0 saturated carbocycles. The van der Waals surface area contributed by atoms with Crippen LogP contribution < -0.4 is 4.90 Å². The highest BCUT2D eigenvalue weighted by molar-refractivity contribution is 5.56. The quantitative estimate of drug-likeness (QED) is 0.679. The van der Waals surface area contributed by atoms with Crippen LogP contribution in [0.1, 0.15) is 25.3 Å². The van der Waals surface area contributed by atoms with E-state index >= 15 is 0 Å². The molecule has 0 aromatic heterocycles. The number of nitro groups is 1. The molecule has 1 aliphatic heterocycles. The van der Waals surface area contributed by atoms with Gasteiger partial charge in [-0.3, -0.25) is 10.1 Å². The van der Waals surface area contributed by atoms with Crippen molar-refractivity contribution >= 4 is 11.4 Å².